The molecule has 3 rings (SSSR count). The minimum atomic E-state index is 0.00500. The molecule has 1 aliphatic heterocycles. The largest absolute Gasteiger partial charge is 0.497 e. The summed E-state index contributed by atoms with van der Waals surface area (Å²) in [5.74, 6) is 1.73. The van der Waals surface area contributed by atoms with Crippen LogP contribution in [-0.4, -0.2) is 20.3 Å². The first-order valence-electron chi connectivity index (χ1n) is 6.47. The summed E-state index contributed by atoms with van der Waals surface area (Å²) in [4.78, 5) is 12.1. The van der Waals surface area contributed by atoms with E-state index in [-0.39, 0.29) is 11.3 Å². The second-order valence-electron chi connectivity index (χ2n) is 4.76. The van der Waals surface area contributed by atoms with E-state index in [9.17, 15) is 4.79 Å². The lowest BCUT2D eigenvalue weighted by Gasteiger charge is -2.21. The highest BCUT2D eigenvalue weighted by atomic mass is 16.5. The maximum Gasteiger partial charge on any atom is 0.192 e. The SMILES string of the molecule is COc1ccc2c(=O)cc(C3CCOCC3)oc2c1. The van der Waals surface area contributed by atoms with Gasteiger partial charge in [-0.05, 0) is 25.0 Å². The van der Waals surface area contributed by atoms with Crippen molar-refractivity contribution in [3.63, 3.8) is 0 Å². The van der Waals surface area contributed by atoms with Crippen LogP contribution in [0.5, 0.6) is 5.75 Å². The molecule has 4 nitrogen and oxygen atoms in total. The van der Waals surface area contributed by atoms with Crippen LogP contribution in [0.2, 0.25) is 0 Å². The highest BCUT2D eigenvalue weighted by Crippen LogP contribution is 2.28. The summed E-state index contributed by atoms with van der Waals surface area (Å²) < 4.78 is 16.4. The van der Waals surface area contributed by atoms with Crippen molar-refractivity contribution < 1.29 is 13.9 Å². The van der Waals surface area contributed by atoms with Crippen LogP contribution in [-0.2, 0) is 4.74 Å². The summed E-state index contributed by atoms with van der Waals surface area (Å²) in [5, 5.41) is 0.594. The van der Waals surface area contributed by atoms with Crippen LogP contribution >= 0.6 is 0 Å². The third-order valence-electron chi connectivity index (χ3n) is 3.58. The Labute approximate surface area is 110 Å². The van der Waals surface area contributed by atoms with Crippen molar-refractivity contribution in [3.8, 4) is 5.75 Å². The molecule has 2 aromatic rings. The monoisotopic (exact) mass is 260 g/mol. The minimum Gasteiger partial charge on any atom is -0.497 e. The van der Waals surface area contributed by atoms with Crippen molar-refractivity contribution in [2.45, 2.75) is 18.8 Å². The molecule has 1 aromatic carbocycles. The lowest BCUT2D eigenvalue weighted by Crippen LogP contribution is -2.15. The van der Waals surface area contributed by atoms with Crippen LogP contribution in [0.4, 0.5) is 0 Å². The van der Waals surface area contributed by atoms with Crippen LogP contribution in [0.1, 0.15) is 24.5 Å². The van der Waals surface area contributed by atoms with Gasteiger partial charge in [-0.3, -0.25) is 4.79 Å². The average Bonchev–Trinajstić information content (AvgIpc) is 2.47. The van der Waals surface area contributed by atoms with Gasteiger partial charge in [0.2, 0.25) is 0 Å². The third kappa shape index (κ3) is 2.36. The van der Waals surface area contributed by atoms with E-state index in [1.54, 1.807) is 31.4 Å². The van der Waals surface area contributed by atoms with E-state index in [0.29, 0.717) is 16.7 Å². The molecule has 0 radical (unpaired) electrons. The van der Waals surface area contributed by atoms with Crippen LogP contribution in [0, 0.1) is 0 Å². The first kappa shape index (κ1) is 12.2. The molecule has 0 amide bonds. The molecule has 0 spiro atoms. The molecule has 1 saturated heterocycles. The fourth-order valence-corrected chi connectivity index (χ4v) is 2.46. The van der Waals surface area contributed by atoms with E-state index in [1.165, 1.54) is 0 Å². The predicted molar refractivity (Wildman–Crippen MR) is 71.8 cm³/mol. The molecular weight excluding hydrogens is 244 g/mol. The molecule has 1 aliphatic rings. The summed E-state index contributed by atoms with van der Waals surface area (Å²) in [5.41, 5.74) is 0.596. The van der Waals surface area contributed by atoms with Crippen molar-refractivity contribution in [1.82, 2.24) is 0 Å². The molecular formula is C15H16O4. The minimum absolute atomic E-state index is 0.00500. The van der Waals surface area contributed by atoms with Gasteiger partial charge in [-0.15, -0.1) is 0 Å². The smallest absolute Gasteiger partial charge is 0.192 e. The number of methoxy groups -OCH3 is 1. The van der Waals surface area contributed by atoms with Gasteiger partial charge in [0, 0.05) is 31.3 Å². The first-order valence-corrected chi connectivity index (χ1v) is 6.47. The summed E-state index contributed by atoms with van der Waals surface area (Å²) in [6.07, 6.45) is 1.80. The van der Waals surface area contributed by atoms with E-state index in [0.717, 1.165) is 31.8 Å². The lowest BCUT2D eigenvalue weighted by atomic mass is 9.97. The second kappa shape index (κ2) is 5.05. The molecule has 0 aliphatic carbocycles. The van der Waals surface area contributed by atoms with Crippen LogP contribution in [0.3, 0.4) is 0 Å². The Morgan fingerprint density at radius 1 is 1.21 bits per heavy atom. The van der Waals surface area contributed by atoms with E-state index in [2.05, 4.69) is 0 Å². The molecule has 1 fully saturated rings. The third-order valence-corrected chi connectivity index (χ3v) is 3.58. The number of benzene rings is 1. The Bertz CT molecular complexity index is 638. The van der Waals surface area contributed by atoms with Crippen molar-refractivity contribution in [3.05, 3.63) is 40.2 Å². The van der Waals surface area contributed by atoms with Crippen LogP contribution in [0.15, 0.2) is 33.5 Å². The van der Waals surface area contributed by atoms with Gasteiger partial charge in [-0.2, -0.15) is 0 Å². The average molecular weight is 260 g/mol. The topological polar surface area (TPSA) is 48.7 Å². The second-order valence-corrected chi connectivity index (χ2v) is 4.76. The van der Waals surface area contributed by atoms with Crippen molar-refractivity contribution in [2.75, 3.05) is 20.3 Å². The molecule has 2 heterocycles. The van der Waals surface area contributed by atoms with Crippen molar-refractivity contribution in [2.24, 2.45) is 0 Å². The number of fused-ring (bicyclic) bond motifs is 1. The molecule has 1 aromatic heterocycles. The zero-order chi connectivity index (χ0) is 13.2. The molecule has 19 heavy (non-hydrogen) atoms. The van der Waals surface area contributed by atoms with Gasteiger partial charge in [0.1, 0.15) is 17.1 Å². The van der Waals surface area contributed by atoms with E-state index in [1.807, 2.05) is 0 Å². The standard InChI is InChI=1S/C15H16O4/c1-17-11-2-3-12-13(16)9-14(19-15(12)8-11)10-4-6-18-7-5-10/h2-3,8-10H,4-7H2,1H3. The van der Waals surface area contributed by atoms with Crippen molar-refractivity contribution >= 4 is 11.0 Å². The lowest BCUT2D eigenvalue weighted by molar-refractivity contribution is 0.0807. The highest BCUT2D eigenvalue weighted by molar-refractivity contribution is 5.78. The van der Waals surface area contributed by atoms with E-state index in [4.69, 9.17) is 13.9 Å². The van der Waals surface area contributed by atoms with Gasteiger partial charge in [-0.1, -0.05) is 0 Å². The molecule has 0 bridgehead atoms. The van der Waals surface area contributed by atoms with Gasteiger partial charge in [-0.25, -0.2) is 0 Å². The molecule has 0 atom stereocenters. The zero-order valence-corrected chi connectivity index (χ0v) is 10.8. The number of hydrogen-bond donors (Lipinski definition) is 0. The number of rotatable bonds is 2. The number of hydrogen-bond acceptors (Lipinski definition) is 4. The number of ether oxygens (including phenoxy) is 2. The molecule has 100 valence electrons. The maximum absolute atomic E-state index is 12.1. The molecule has 0 saturated carbocycles. The van der Waals surface area contributed by atoms with Crippen LogP contribution < -0.4 is 10.2 Å². The van der Waals surface area contributed by atoms with Gasteiger partial charge >= 0.3 is 0 Å². The van der Waals surface area contributed by atoms with Crippen LogP contribution in [0.25, 0.3) is 11.0 Å². The van der Waals surface area contributed by atoms with Gasteiger partial charge in [0.05, 0.1) is 12.5 Å². The van der Waals surface area contributed by atoms with E-state index >= 15 is 0 Å². The van der Waals surface area contributed by atoms with Crippen molar-refractivity contribution in [1.29, 1.82) is 0 Å². The summed E-state index contributed by atoms with van der Waals surface area (Å²) >= 11 is 0. The predicted octanol–water partition coefficient (Wildman–Crippen LogP) is 2.70. The fourth-order valence-electron chi connectivity index (χ4n) is 2.46. The van der Waals surface area contributed by atoms with Gasteiger partial charge in [0.15, 0.2) is 5.43 Å². The first-order chi connectivity index (χ1) is 9.28. The molecule has 0 N–H and O–H groups in total. The quantitative estimate of drug-likeness (QED) is 0.833. The highest BCUT2D eigenvalue weighted by Gasteiger charge is 2.19. The normalized spacial score (nSPS) is 16.7. The summed E-state index contributed by atoms with van der Waals surface area (Å²) in [7, 11) is 1.60. The maximum atomic E-state index is 12.1. The van der Waals surface area contributed by atoms with Gasteiger partial charge < -0.3 is 13.9 Å². The molecule has 4 heteroatoms. The Kier molecular flexibility index (Phi) is 3.25. The van der Waals surface area contributed by atoms with Gasteiger partial charge in [0.25, 0.3) is 0 Å². The molecule has 0 unspecified atom stereocenters. The Morgan fingerprint density at radius 2 is 2.00 bits per heavy atom. The summed E-state index contributed by atoms with van der Waals surface area (Å²) in [6.45, 7) is 1.45. The Balaban J connectivity index is 2.08. The summed E-state index contributed by atoms with van der Waals surface area (Å²) in [6, 6.07) is 6.89. The van der Waals surface area contributed by atoms with E-state index < -0.39 is 0 Å². The fraction of sp³-hybridized carbons (Fsp3) is 0.400. The Morgan fingerprint density at radius 3 is 2.74 bits per heavy atom. The Hall–Kier alpha value is -1.81. The zero-order valence-electron chi connectivity index (χ0n) is 10.8.